The minimum absolute atomic E-state index is 0.0700. The summed E-state index contributed by atoms with van der Waals surface area (Å²) in [5.74, 6) is 0.325. The van der Waals surface area contributed by atoms with Gasteiger partial charge in [-0.2, -0.15) is 0 Å². The van der Waals surface area contributed by atoms with Gasteiger partial charge in [-0.1, -0.05) is 44.5 Å². The number of hydrogen-bond acceptors (Lipinski definition) is 4. The van der Waals surface area contributed by atoms with Gasteiger partial charge >= 0.3 is 5.97 Å². The van der Waals surface area contributed by atoms with E-state index in [1.807, 2.05) is 25.1 Å². The summed E-state index contributed by atoms with van der Waals surface area (Å²) in [4.78, 5) is 15.8. The van der Waals surface area contributed by atoms with Gasteiger partial charge < -0.3 is 9.47 Å². The summed E-state index contributed by atoms with van der Waals surface area (Å²) in [6.45, 7) is 8.39. The highest BCUT2D eigenvalue weighted by molar-refractivity contribution is 6.30. The third kappa shape index (κ3) is 5.46. The zero-order chi connectivity index (χ0) is 18.6. The molecule has 0 radical (unpaired) electrons. The number of methoxy groups -OCH3 is 1. The number of benzene rings is 1. The van der Waals surface area contributed by atoms with Gasteiger partial charge in [-0.05, 0) is 48.1 Å². The van der Waals surface area contributed by atoms with Crippen molar-refractivity contribution in [2.24, 2.45) is 5.41 Å². The molecular formula is C20H24ClNO3. The number of nitrogens with zero attached hydrogens (tertiary/aromatic N) is 1. The maximum Gasteiger partial charge on any atom is 0.337 e. The van der Waals surface area contributed by atoms with Crippen LogP contribution < -0.4 is 4.74 Å². The molecule has 0 saturated heterocycles. The van der Waals surface area contributed by atoms with E-state index in [1.54, 1.807) is 18.3 Å². The summed E-state index contributed by atoms with van der Waals surface area (Å²) in [7, 11) is 1.37. The number of aromatic nitrogens is 1. The molecule has 5 heteroatoms. The maximum absolute atomic E-state index is 11.6. The summed E-state index contributed by atoms with van der Waals surface area (Å²) in [6, 6.07) is 9.20. The van der Waals surface area contributed by atoms with Crippen molar-refractivity contribution in [2.45, 2.75) is 40.2 Å². The van der Waals surface area contributed by atoms with Crippen molar-refractivity contribution < 1.29 is 14.3 Å². The first kappa shape index (κ1) is 19.3. The van der Waals surface area contributed by atoms with E-state index in [0.717, 1.165) is 17.5 Å². The first-order chi connectivity index (χ1) is 11.7. The first-order valence-corrected chi connectivity index (χ1v) is 8.54. The topological polar surface area (TPSA) is 48.4 Å². The molecule has 134 valence electrons. The molecule has 0 fully saturated rings. The Hall–Kier alpha value is -2.07. The Bertz CT molecular complexity index is 736. The lowest BCUT2D eigenvalue weighted by molar-refractivity contribution is 0.0600. The average molecular weight is 362 g/mol. The van der Waals surface area contributed by atoms with Crippen LogP contribution in [0.1, 0.15) is 54.8 Å². The van der Waals surface area contributed by atoms with Crippen LogP contribution in [-0.2, 0) is 4.74 Å². The van der Waals surface area contributed by atoms with E-state index in [-0.39, 0.29) is 17.5 Å². The van der Waals surface area contributed by atoms with Crippen molar-refractivity contribution in [1.29, 1.82) is 0 Å². The second kappa shape index (κ2) is 7.87. The van der Waals surface area contributed by atoms with Crippen molar-refractivity contribution >= 4 is 17.6 Å². The monoisotopic (exact) mass is 361 g/mol. The van der Waals surface area contributed by atoms with Gasteiger partial charge in [0.05, 0.1) is 18.9 Å². The normalized spacial score (nSPS) is 12.6. The van der Waals surface area contributed by atoms with Crippen molar-refractivity contribution in [3.8, 4) is 5.75 Å². The number of rotatable bonds is 5. The molecule has 0 amide bonds. The Kier molecular flexibility index (Phi) is 6.07. The van der Waals surface area contributed by atoms with Crippen molar-refractivity contribution in [3.63, 3.8) is 0 Å². The SMILES string of the molecule is COC(=O)c1ccc(C(CC(C)(C)C)Oc2cnc(Cl)c(C)c2)cc1. The molecule has 0 bridgehead atoms. The molecule has 0 spiro atoms. The van der Waals surface area contributed by atoms with Crippen LogP contribution in [0.5, 0.6) is 5.75 Å². The van der Waals surface area contributed by atoms with Gasteiger partial charge in [0, 0.05) is 0 Å². The predicted octanol–water partition coefficient (Wildman–Crippen LogP) is 5.39. The molecule has 1 aromatic heterocycles. The van der Waals surface area contributed by atoms with Crippen molar-refractivity contribution in [2.75, 3.05) is 7.11 Å². The fourth-order valence-corrected chi connectivity index (χ4v) is 2.60. The molecule has 0 aliphatic rings. The third-order valence-corrected chi connectivity index (χ3v) is 4.16. The van der Waals surface area contributed by atoms with Crippen LogP contribution in [0.2, 0.25) is 5.15 Å². The van der Waals surface area contributed by atoms with Gasteiger partial charge in [0.15, 0.2) is 0 Å². The van der Waals surface area contributed by atoms with Gasteiger partial charge in [-0.15, -0.1) is 0 Å². The quantitative estimate of drug-likeness (QED) is 0.529. The summed E-state index contributed by atoms with van der Waals surface area (Å²) >= 11 is 5.99. The molecule has 0 saturated carbocycles. The van der Waals surface area contributed by atoms with Crippen LogP contribution >= 0.6 is 11.6 Å². The Morgan fingerprint density at radius 2 is 1.88 bits per heavy atom. The molecule has 2 aromatic rings. The Labute approximate surface area is 154 Å². The Morgan fingerprint density at radius 1 is 1.24 bits per heavy atom. The fourth-order valence-electron chi connectivity index (χ4n) is 2.50. The highest BCUT2D eigenvalue weighted by atomic mass is 35.5. The minimum Gasteiger partial charge on any atom is -0.484 e. The molecule has 1 unspecified atom stereocenters. The first-order valence-electron chi connectivity index (χ1n) is 8.16. The number of ether oxygens (including phenoxy) is 2. The van der Waals surface area contributed by atoms with E-state index in [4.69, 9.17) is 21.1 Å². The van der Waals surface area contributed by atoms with Crippen LogP contribution in [0.4, 0.5) is 0 Å². The summed E-state index contributed by atoms with van der Waals surface area (Å²) in [5.41, 5.74) is 2.45. The minimum atomic E-state index is -0.350. The largest absolute Gasteiger partial charge is 0.484 e. The molecule has 1 atom stereocenters. The van der Waals surface area contributed by atoms with Gasteiger partial charge in [-0.3, -0.25) is 0 Å². The van der Waals surface area contributed by atoms with Crippen LogP contribution in [0.3, 0.4) is 0 Å². The lowest BCUT2D eigenvalue weighted by atomic mass is 9.86. The average Bonchev–Trinajstić information content (AvgIpc) is 2.56. The van der Waals surface area contributed by atoms with Crippen LogP contribution in [0, 0.1) is 12.3 Å². The molecule has 25 heavy (non-hydrogen) atoms. The third-order valence-electron chi connectivity index (χ3n) is 3.77. The number of hydrogen-bond donors (Lipinski definition) is 0. The standard InChI is InChI=1S/C20H24ClNO3/c1-13-10-16(12-22-18(13)21)25-17(11-20(2,3)4)14-6-8-15(9-7-14)19(23)24-5/h6-10,12,17H,11H2,1-5H3. The highest BCUT2D eigenvalue weighted by Crippen LogP contribution is 2.34. The molecule has 2 rings (SSSR count). The molecule has 4 nitrogen and oxygen atoms in total. The van der Waals surface area contributed by atoms with E-state index in [0.29, 0.717) is 16.5 Å². The lowest BCUT2D eigenvalue weighted by Crippen LogP contribution is -2.17. The number of halogens is 1. The Balaban J connectivity index is 2.28. The number of carbonyl (C=O) groups excluding carboxylic acids is 1. The lowest BCUT2D eigenvalue weighted by Gasteiger charge is -2.27. The molecule has 0 aliphatic heterocycles. The zero-order valence-electron chi connectivity index (χ0n) is 15.3. The van der Waals surface area contributed by atoms with Gasteiger partial charge in [0.2, 0.25) is 0 Å². The predicted molar refractivity (Wildman–Crippen MR) is 99.2 cm³/mol. The second-order valence-electron chi connectivity index (χ2n) is 7.26. The van der Waals surface area contributed by atoms with Crippen LogP contribution in [-0.4, -0.2) is 18.1 Å². The van der Waals surface area contributed by atoms with E-state index in [1.165, 1.54) is 7.11 Å². The summed E-state index contributed by atoms with van der Waals surface area (Å²) < 4.78 is 10.9. The van der Waals surface area contributed by atoms with Gasteiger partial charge in [0.1, 0.15) is 17.0 Å². The molecule has 1 aromatic carbocycles. The molecule has 1 heterocycles. The number of pyridine rings is 1. The molecule has 0 aliphatic carbocycles. The molecular weight excluding hydrogens is 338 g/mol. The van der Waals surface area contributed by atoms with Crippen molar-refractivity contribution in [1.82, 2.24) is 4.98 Å². The van der Waals surface area contributed by atoms with E-state index in [2.05, 4.69) is 25.8 Å². The summed E-state index contributed by atoms with van der Waals surface area (Å²) in [5, 5.41) is 0.474. The highest BCUT2D eigenvalue weighted by Gasteiger charge is 2.22. The zero-order valence-corrected chi connectivity index (χ0v) is 16.1. The number of carbonyl (C=O) groups is 1. The van der Waals surface area contributed by atoms with E-state index >= 15 is 0 Å². The van der Waals surface area contributed by atoms with Crippen LogP contribution in [0.25, 0.3) is 0 Å². The van der Waals surface area contributed by atoms with Gasteiger partial charge in [-0.25, -0.2) is 9.78 Å². The van der Waals surface area contributed by atoms with Crippen molar-refractivity contribution in [3.05, 3.63) is 58.4 Å². The smallest absolute Gasteiger partial charge is 0.337 e. The number of esters is 1. The maximum atomic E-state index is 11.6. The van der Waals surface area contributed by atoms with E-state index in [9.17, 15) is 4.79 Å². The van der Waals surface area contributed by atoms with Crippen LogP contribution in [0.15, 0.2) is 36.5 Å². The second-order valence-corrected chi connectivity index (χ2v) is 7.62. The van der Waals surface area contributed by atoms with E-state index < -0.39 is 0 Å². The summed E-state index contributed by atoms with van der Waals surface area (Å²) in [6.07, 6.45) is 2.29. The Morgan fingerprint density at radius 3 is 2.40 bits per heavy atom. The molecule has 0 N–H and O–H groups in total. The van der Waals surface area contributed by atoms with Gasteiger partial charge in [0.25, 0.3) is 0 Å². The fraction of sp³-hybridized carbons (Fsp3) is 0.400. The number of aryl methyl sites for hydroxylation is 1.